The van der Waals surface area contributed by atoms with E-state index in [0.29, 0.717) is 11.4 Å². The van der Waals surface area contributed by atoms with Crippen LogP contribution in [-0.2, 0) is 4.79 Å². The van der Waals surface area contributed by atoms with E-state index in [1.54, 1.807) is 48.6 Å². The number of carbonyl (C=O) groups is 1. The standard InChI is InChI=1S/C18H15NO4/c1-23-18-12-14(7-10-17(18)21)6-9-16(20)8-5-13-3-2-4-15(11-13)19-22/h2-12,21H,1H3/b8-5+,9-6+. The van der Waals surface area contributed by atoms with Gasteiger partial charge in [-0.05, 0) is 52.7 Å². The first-order chi connectivity index (χ1) is 11.1. The Morgan fingerprint density at radius 2 is 1.78 bits per heavy atom. The number of aromatic hydroxyl groups is 1. The zero-order valence-electron chi connectivity index (χ0n) is 12.5. The summed E-state index contributed by atoms with van der Waals surface area (Å²) in [6.45, 7) is 0. The lowest BCUT2D eigenvalue weighted by atomic mass is 10.1. The Morgan fingerprint density at radius 1 is 1.09 bits per heavy atom. The summed E-state index contributed by atoms with van der Waals surface area (Å²) in [5.41, 5.74) is 1.76. The normalized spacial score (nSPS) is 11.0. The van der Waals surface area contributed by atoms with Crippen LogP contribution < -0.4 is 4.74 Å². The third-order valence-corrected chi connectivity index (χ3v) is 3.06. The molecule has 0 amide bonds. The number of ketones is 1. The molecular formula is C18H15NO4. The quantitative estimate of drug-likeness (QED) is 0.644. The molecular weight excluding hydrogens is 294 g/mol. The zero-order valence-corrected chi connectivity index (χ0v) is 12.5. The monoisotopic (exact) mass is 309 g/mol. The summed E-state index contributed by atoms with van der Waals surface area (Å²) < 4.78 is 5.00. The van der Waals surface area contributed by atoms with Crippen molar-refractivity contribution in [2.24, 2.45) is 5.18 Å². The molecule has 0 aliphatic rings. The zero-order chi connectivity index (χ0) is 16.7. The molecule has 0 radical (unpaired) electrons. The number of methoxy groups -OCH3 is 1. The molecule has 2 rings (SSSR count). The van der Waals surface area contributed by atoms with Gasteiger partial charge >= 0.3 is 0 Å². The molecule has 0 spiro atoms. The van der Waals surface area contributed by atoms with Gasteiger partial charge in [0, 0.05) is 0 Å². The van der Waals surface area contributed by atoms with Gasteiger partial charge in [-0.3, -0.25) is 4.79 Å². The van der Waals surface area contributed by atoms with E-state index in [1.807, 2.05) is 0 Å². The van der Waals surface area contributed by atoms with E-state index in [0.717, 1.165) is 11.1 Å². The lowest BCUT2D eigenvalue weighted by Crippen LogP contribution is -1.86. The Morgan fingerprint density at radius 3 is 2.43 bits per heavy atom. The molecule has 5 nitrogen and oxygen atoms in total. The Bertz CT molecular complexity index is 778. The minimum Gasteiger partial charge on any atom is -0.504 e. The highest BCUT2D eigenvalue weighted by Gasteiger charge is 2.00. The number of ether oxygens (including phenoxy) is 1. The van der Waals surface area contributed by atoms with E-state index < -0.39 is 0 Å². The summed E-state index contributed by atoms with van der Waals surface area (Å²) in [6.07, 6.45) is 6.04. The minimum absolute atomic E-state index is 0.0412. The fourth-order valence-electron chi connectivity index (χ4n) is 1.90. The summed E-state index contributed by atoms with van der Waals surface area (Å²) >= 11 is 0. The lowest BCUT2D eigenvalue weighted by molar-refractivity contribution is -0.110. The largest absolute Gasteiger partial charge is 0.504 e. The number of carbonyl (C=O) groups excluding carboxylic acids is 1. The number of hydrogen-bond donors (Lipinski definition) is 1. The molecule has 0 saturated heterocycles. The molecule has 1 N–H and O–H groups in total. The lowest BCUT2D eigenvalue weighted by Gasteiger charge is -2.03. The molecule has 0 aromatic heterocycles. The smallest absolute Gasteiger partial charge is 0.178 e. The van der Waals surface area contributed by atoms with Gasteiger partial charge < -0.3 is 9.84 Å². The Kier molecular flexibility index (Phi) is 5.41. The van der Waals surface area contributed by atoms with E-state index in [-0.39, 0.29) is 11.5 Å². The van der Waals surface area contributed by atoms with Crippen molar-refractivity contribution in [2.45, 2.75) is 0 Å². The number of rotatable bonds is 6. The van der Waals surface area contributed by atoms with Crippen LogP contribution in [0, 0.1) is 4.91 Å². The molecule has 2 aromatic carbocycles. The molecule has 0 heterocycles. The van der Waals surface area contributed by atoms with Gasteiger partial charge in [0.2, 0.25) is 0 Å². The van der Waals surface area contributed by atoms with Gasteiger partial charge in [0.15, 0.2) is 17.3 Å². The minimum atomic E-state index is -0.207. The van der Waals surface area contributed by atoms with Crippen LogP contribution in [0.3, 0.4) is 0 Å². The first kappa shape index (κ1) is 16.2. The number of phenolic OH excluding ortho intramolecular Hbond substituents is 1. The molecule has 23 heavy (non-hydrogen) atoms. The third-order valence-electron chi connectivity index (χ3n) is 3.06. The number of phenols is 1. The molecule has 0 aliphatic carbocycles. The van der Waals surface area contributed by atoms with Gasteiger partial charge in [0.25, 0.3) is 0 Å². The van der Waals surface area contributed by atoms with E-state index in [2.05, 4.69) is 5.18 Å². The van der Waals surface area contributed by atoms with Gasteiger partial charge in [0.05, 0.1) is 7.11 Å². The maximum absolute atomic E-state index is 11.8. The molecule has 2 aromatic rings. The van der Waals surface area contributed by atoms with E-state index in [9.17, 15) is 14.8 Å². The van der Waals surface area contributed by atoms with Gasteiger partial charge in [-0.25, -0.2) is 0 Å². The van der Waals surface area contributed by atoms with Crippen molar-refractivity contribution in [3.63, 3.8) is 0 Å². The predicted molar refractivity (Wildman–Crippen MR) is 89.6 cm³/mol. The van der Waals surface area contributed by atoms with Crippen LogP contribution in [0.1, 0.15) is 11.1 Å². The number of nitroso groups, excluding NO2 is 1. The maximum atomic E-state index is 11.8. The molecule has 0 aliphatic heterocycles. The number of allylic oxidation sites excluding steroid dienone is 2. The van der Waals surface area contributed by atoms with Gasteiger partial charge in [0.1, 0.15) is 5.69 Å². The van der Waals surface area contributed by atoms with E-state index in [1.165, 1.54) is 25.3 Å². The number of benzene rings is 2. The van der Waals surface area contributed by atoms with Crippen molar-refractivity contribution in [3.8, 4) is 11.5 Å². The highest BCUT2D eigenvalue weighted by atomic mass is 16.5. The highest BCUT2D eigenvalue weighted by Crippen LogP contribution is 2.26. The van der Waals surface area contributed by atoms with Crippen LogP contribution in [0.25, 0.3) is 12.2 Å². The molecule has 116 valence electrons. The van der Waals surface area contributed by atoms with Crippen LogP contribution in [0.4, 0.5) is 5.69 Å². The van der Waals surface area contributed by atoms with Crippen molar-refractivity contribution >= 4 is 23.6 Å². The number of hydrogen-bond acceptors (Lipinski definition) is 5. The Hall–Kier alpha value is -3.21. The molecule has 0 fully saturated rings. The highest BCUT2D eigenvalue weighted by molar-refractivity contribution is 6.04. The second kappa shape index (κ2) is 7.70. The van der Waals surface area contributed by atoms with Crippen LogP contribution in [0.15, 0.2) is 59.8 Å². The third kappa shape index (κ3) is 4.64. The SMILES string of the molecule is COc1cc(/C=C/C(=O)/C=C/c2cccc(N=O)c2)ccc1O. The molecule has 0 atom stereocenters. The predicted octanol–water partition coefficient (Wildman–Crippen LogP) is 4.09. The second-order valence-electron chi connectivity index (χ2n) is 4.69. The summed E-state index contributed by atoms with van der Waals surface area (Å²) in [7, 11) is 1.46. The summed E-state index contributed by atoms with van der Waals surface area (Å²) in [6, 6.07) is 11.4. The van der Waals surface area contributed by atoms with Gasteiger partial charge in [-0.1, -0.05) is 30.4 Å². The average Bonchev–Trinajstić information content (AvgIpc) is 2.59. The average molecular weight is 309 g/mol. The van der Waals surface area contributed by atoms with Crippen LogP contribution in [-0.4, -0.2) is 18.0 Å². The van der Waals surface area contributed by atoms with Crippen LogP contribution in [0.5, 0.6) is 11.5 Å². The van der Waals surface area contributed by atoms with E-state index in [4.69, 9.17) is 4.74 Å². The van der Waals surface area contributed by atoms with Crippen molar-refractivity contribution in [1.82, 2.24) is 0 Å². The summed E-state index contributed by atoms with van der Waals surface area (Å²) in [4.78, 5) is 22.3. The Balaban J connectivity index is 2.06. The summed E-state index contributed by atoms with van der Waals surface area (Å²) in [5.74, 6) is 0.175. The Labute approximate surface area is 133 Å². The molecule has 0 bridgehead atoms. The first-order valence-corrected chi connectivity index (χ1v) is 6.83. The van der Waals surface area contributed by atoms with Gasteiger partial charge in [-0.15, -0.1) is 4.91 Å². The fraction of sp³-hybridized carbons (Fsp3) is 0.0556. The van der Waals surface area contributed by atoms with E-state index >= 15 is 0 Å². The van der Waals surface area contributed by atoms with Crippen LogP contribution >= 0.6 is 0 Å². The second-order valence-corrected chi connectivity index (χ2v) is 4.69. The molecule has 0 unspecified atom stereocenters. The van der Waals surface area contributed by atoms with Crippen molar-refractivity contribution in [3.05, 3.63) is 70.7 Å². The fourth-order valence-corrected chi connectivity index (χ4v) is 1.90. The van der Waals surface area contributed by atoms with Crippen molar-refractivity contribution < 1.29 is 14.6 Å². The van der Waals surface area contributed by atoms with Crippen LogP contribution in [0.2, 0.25) is 0 Å². The first-order valence-electron chi connectivity index (χ1n) is 6.83. The maximum Gasteiger partial charge on any atom is 0.178 e. The van der Waals surface area contributed by atoms with Crippen molar-refractivity contribution in [1.29, 1.82) is 0 Å². The topological polar surface area (TPSA) is 76.0 Å². The molecule has 0 saturated carbocycles. The summed E-state index contributed by atoms with van der Waals surface area (Å²) in [5, 5.41) is 12.4. The number of nitrogens with zero attached hydrogens (tertiary/aromatic N) is 1. The van der Waals surface area contributed by atoms with Crippen molar-refractivity contribution in [2.75, 3.05) is 7.11 Å². The van der Waals surface area contributed by atoms with Gasteiger partial charge in [-0.2, -0.15) is 0 Å². The molecule has 5 heteroatoms.